The molecule has 0 N–H and O–H groups in total. The molecule has 0 bridgehead atoms. The van der Waals surface area contributed by atoms with Crippen LogP contribution < -0.4 is 10.0 Å². The van der Waals surface area contributed by atoms with Crippen molar-refractivity contribution in [2.24, 2.45) is 0 Å². The summed E-state index contributed by atoms with van der Waals surface area (Å²) in [5.74, 6) is -1.27. The van der Waals surface area contributed by atoms with Gasteiger partial charge in [-0.2, -0.15) is 0 Å². The predicted octanol–water partition coefficient (Wildman–Crippen LogP) is 3.86. The fraction of sp³-hybridized carbons (Fsp3) is 0. The van der Waals surface area contributed by atoms with Gasteiger partial charge in [-0.3, -0.25) is 9.69 Å². The van der Waals surface area contributed by atoms with Crippen LogP contribution in [0.1, 0.15) is 16.1 Å². The number of halogens is 1. The summed E-state index contributed by atoms with van der Waals surface area (Å²) in [4.78, 5) is 25.4. The van der Waals surface area contributed by atoms with Crippen LogP contribution in [-0.2, 0) is 4.79 Å². The third kappa shape index (κ3) is 3.85. The molecule has 1 fully saturated rings. The van der Waals surface area contributed by atoms with Crippen molar-refractivity contribution in [1.29, 1.82) is 0 Å². The average Bonchev–Trinajstić information content (AvgIpc) is 3.26. The second-order valence-corrected chi connectivity index (χ2v) is 7.74. The number of hydrogen-bond acceptors (Lipinski definition) is 6. The molecule has 4 rings (SSSR count). The van der Waals surface area contributed by atoms with Gasteiger partial charge in [-0.15, -0.1) is 0 Å². The molecule has 2 aromatic carbocycles. The summed E-state index contributed by atoms with van der Waals surface area (Å²) in [6, 6.07) is 15.1. The van der Waals surface area contributed by atoms with Crippen molar-refractivity contribution in [3.63, 3.8) is 0 Å². The van der Waals surface area contributed by atoms with Crippen LogP contribution >= 0.6 is 24.0 Å². The van der Waals surface area contributed by atoms with Gasteiger partial charge in [0.2, 0.25) is 0 Å². The third-order valence-electron chi connectivity index (χ3n) is 4.14. The van der Waals surface area contributed by atoms with E-state index in [0.717, 1.165) is 11.8 Å². The Morgan fingerprint density at radius 1 is 1.14 bits per heavy atom. The first-order chi connectivity index (χ1) is 13.9. The number of carbonyl (C=O) groups excluding carboxylic acids is 2. The maximum atomic E-state index is 13.5. The highest BCUT2D eigenvalue weighted by molar-refractivity contribution is 8.27. The zero-order chi connectivity index (χ0) is 20.5. The van der Waals surface area contributed by atoms with E-state index in [1.165, 1.54) is 35.2 Å². The summed E-state index contributed by atoms with van der Waals surface area (Å²) in [6.07, 6.45) is 1.55. The van der Waals surface area contributed by atoms with Gasteiger partial charge in [-0.05, 0) is 42.0 Å². The second-order valence-electron chi connectivity index (χ2n) is 6.07. The first-order valence-electron chi connectivity index (χ1n) is 8.37. The lowest BCUT2D eigenvalue weighted by atomic mass is 10.1. The Bertz CT molecular complexity index is 1180. The van der Waals surface area contributed by atoms with Crippen molar-refractivity contribution in [3.05, 3.63) is 82.7 Å². The number of thioether (sulfide) groups is 1. The highest BCUT2D eigenvalue weighted by atomic mass is 32.2. The van der Waals surface area contributed by atoms with Crippen LogP contribution in [0, 0.1) is 5.82 Å². The quantitative estimate of drug-likeness (QED) is 0.468. The second kappa shape index (κ2) is 7.65. The lowest BCUT2D eigenvalue weighted by Crippen LogP contribution is -2.27. The van der Waals surface area contributed by atoms with Crippen molar-refractivity contribution in [2.45, 2.75) is 0 Å². The standard InChI is InChI=1S/C21H12FNO4S2/c22-14-5-2-6-15(10-14)23-19(24)18(29-21(23)28)11-16-7-8-17(27-16)12-3-1-4-13(9-12)20(25)26/h1-11H,(H,25,26)/p-1/b18-11-. The number of thiocarbonyl (C=S) groups is 1. The van der Waals surface area contributed by atoms with Gasteiger partial charge in [-0.25, -0.2) is 4.39 Å². The molecule has 3 aromatic rings. The Morgan fingerprint density at radius 2 is 1.93 bits per heavy atom. The highest BCUT2D eigenvalue weighted by Crippen LogP contribution is 2.36. The van der Waals surface area contributed by atoms with Gasteiger partial charge in [0, 0.05) is 11.6 Å². The summed E-state index contributed by atoms with van der Waals surface area (Å²) in [6.45, 7) is 0. The number of anilines is 1. The van der Waals surface area contributed by atoms with Gasteiger partial charge in [-0.1, -0.05) is 48.2 Å². The zero-order valence-corrected chi connectivity index (χ0v) is 16.3. The molecular formula is C21H11FNO4S2-. The Balaban J connectivity index is 1.61. The van der Waals surface area contributed by atoms with Crippen LogP contribution in [0.2, 0.25) is 0 Å². The molecule has 0 aliphatic carbocycles. The minimum absolute atomic E-state index is 0.0383. The van der Waals surface area contributed by atoms with E-state index >= 15 is 0 Å². The van der Waals surface area contributed by atoms with E-state index < -0.39 is 11.8 Å². The number of carboxylic acid groups (broad SMARTS) is 1. The van der Waals surface area contributed by atoms with E-state index in [0.29, 0.717) is 32.0 Å². The fourth-order valence-electron chi connectivity index (χ4n) is 2.82. The Kier molecular flexibility index (Phi) is 5.04. The van der Waals surface area contributed by atoms with E-state index in [-0.39, 0.29) is 11.5 Å². The van der Waals surface area contributed by atoms with Crippen LogP contribution in [0.3, 0.4) is 0 Å². The first kappa shape index (κ1) is 19.1. The normalized spacial score (nSPS) is 15.3. The number of hydrogen-bond donors (Lipinski definition) is 0. The maximum Gasteiger partial charge on any atom is 0.270 e. The van der Waals surface area contributed by atoms with Crippen molar-refractivity contribution in [2.75, 3.05) is 4.90 Å². The number of furan rings is 1. The van der Waals surface area contributed by atoms with Crippen molar-refractivity contribution >= 4 is 51.9 Å². The lowest BCUT2D eigenvalue weighted by molar-refractivity contribution is -0.255. The SMILES string of the molecule is O=C([O-])c1cccc(-c2ccc(/C=C3\SC(=S)N(c4cccc(F)c4)C3=O)o2)c1. The number of amides is 1. The molecule has 1 aliphatic rings. The molecule has 0 saturated carbocycles. The number of rotatable bonds is 4. The van der Waals surface area contributed by atoms with Crippen LogP contribution in [0.4, 0.5) is 10.1 Å². The summed E-state index contributed by atoms with van der Waals surface area (Å²) in [5, 5.41) is 11.0. The van der Waals surface area contributed by atoms with Gasteiger partial charge in [0.15, 0.2) is 4.32 Å². The van der Waals surface area contributed by atoms with Crippen molar-refractivity contribution < 1.29 is 23.5 Å². The van der Waals surface area contributed by atoms with E-state index in [4.69, 9.17) is 16.6 Å². The molecule has 5 nitrogen and oxygen atoms in total. The predicted molar refractivity (Wildman–Crippen MR) is 111 cm³/mol. The number of benzene rings is 2. The number of carboxylic acids is 1. The fourth-order valence-corrected chi connectivity index (χ4v) is 4.10. The molecular weight excluding hydrogens is 413 g/mol. The van der Waals surface area contributed by atoms with Gasteiger partial charge >= 0.3 is 0 Å². The largest absolute Gasteiger partial charge is 0.545 e. The summed E-state index contributed by atoms with van der Waals surface area (Å²) >= 11 is 6.36. The Morgan fingerprint density at radius 3 is 2.69 bits per heavy atom. The van der Waals surface area contributed by atoms with Gasteiger partial charge in [0.1, 0.15) is 17.3 Å². The Labute approximate surface area is 174 Å². The smallest absolute Gasteiger partial charge is 0.270 e. The molecule has 1 amide bonds. The van der Waals surface area contributed by atoms with Crippen molar-refractivity contribution in [1.82, 2.24) is 0 Å². The number of aromatic carboxylic acids is 1. The Hall–Kier alpha value is -3.23. The van der Waals surface area contributed by atoms with E-state index in [1.54, 1.807) is 36.4 Å². The van der Waals surface area contributed by atoms with E-state index in [1.807, 2.05) is 0 Å². The molecule has 29 heavy (non-hydrogen) atoms. The lowest BCUT2D eigenvalue weighted by Gasteiger charge is -2.14. The summed E-state index contributed by atoms with van der Waals surface area (Å²) < 4.78 is 19.5. The van der Waals surface area contributed by atoms with Crippen LogP contribution in [0.5, 0.6) is 0 Å². The molecule has 0 radical (unpaired) electrons. The maximum absolute atomic E-state index is 13.5. The average molecular weight is 424 g/mol. The monoisotopic (exact) mass is 424 g/mol. The molecule has 1 aromatic heterocycles. The van der Waals surface area contributed by atoms with Gasteiger partial charge in [0.25, 0.3) is 5.91 Å². The molecule has 1 aliphatic heterocycles. The summed E-state index contributed by atoms with van der Waals surface area (Å²) in [5.41, 5.74) is 0.963. The molecule has 0 atom stereocenters. The topological polar surface area (TPSA) is 73.6 Å². The molecule has 8 heteroatoms. The number of nitrogens with zero attached hydrogens (tertiary/aromatic N) is 1. The zero-order valence-electron chi connectivity index (χ0n) is 14.6. The minimum atomic E-state index is -1.28. The van der Waals surface area contributed by atoms with Crippen LogP contribution in [0.15, 0.2) is 70.0 Å². The van der Waals surface area contributed by atoms with Crippen LogP contribution in [-0.4, -0.2) is 16.2 Å². The molecule has 0 spiro atoms. The van der Waals surface area contributed by atoms with E-state index in [2.05, 4.69) is 0 Å². The third-order valence-corrected chi connectivity index (χ3v) is 5.45. The first-order valence-corrected chi connectivity index (χ1v) is 9.60. The van der Waals surface area contributed by atoms with Gasteiger partial charge < -0.3 is 14.3 Å². The minimum Gasteiger partial charge on any atom is -0.545 e. The van der Waals surface area contributed by atoms with Gasteiger partial charge in [0.05, 0.1) is 16.6 Å². The summed E-state index contributed by atoms with van der Waals surface area (Å²) in [7, 11) is 0. The number of carbonyl (C=O) groups is 2. The van der Waals surface area contributed by atoms with E-state index in [9.17, 15) is 19.1 Å². The molecule has 144 valence electrons. The van der Waals surface area contributed by atoms with Crippen molar-refractivity contribution in [3.8, 4) is 11.3 Å². The highest BCUT2D eigenvalue weighted by Gasteiger charge is 2.33. The van der Waals surface area contributed by atoms with Crippen LogP contribution in [0.25, 0.3) is 17.4 Å². The molecule has 0 unspecified atom stereocenters. The molecule has 2 heterocycles. The molecule has 1 saturated heterocycles.